The van der Waals surface area contributed by atoms with Gasteiger partial charge in [-0.25, -0.2) is 0 Å². The predicted octanol–water partition coefficient (Wildman–Crippen LogP) is 5.95. The predicted molar refractivity (Wildman–Crippen MR) is 148 cm³/mol. The number of aryl methyl sites for hydroxylation is 1. The Labute approximate surface area is 223 Å². The summed E-state index contributed by atoms with van der Waals surface area (Å²) in [6.07, 6.45) is 1.63. The molecule has 0 aliphatic heterocycles. The van der Waals surface area contributed by atoms with E-state index in [9.17, 15) is 9.59 Å². The first-order valence-electron chi connectivity index (χ1n) is 12.3. The molecule has 2 N–H and O–H groups in total. The number of rotatable bonds is 11. The van der Waals surface area contributed by atoms with Crippen molar-refractivity contribution >= 4 is 29.3 Å². The zero-order valence-electron chi connectivity index (χ0n) is 22.5. The molecule has 0 atom stereocenters. The van der Waals surface area contributed by atoms with Gasteiger partial charge in [-0.2, -0.15) is 0 Å². The van der Waals surface area contributed by atoms with Gasteiger partial charge >= 0.3 is 5.97 Å². The van der Waals surface area contributed by atoms with E-state index >= 15 is 0 Å². The van der Waals surface area contributed by atoms with Crippen molar-refractivity contribution in [2.45, 2.75) is 69.9 Å². The molecule has 3 aromatic rings. The van der Waals surface area contributed by atoms with Gasteiger partial charge in [-0.05, 0) is 83.5 Å². The molecule has 0 unspecified atom stereocenters. The summed E-state index contributed by atoms with van der Waals surface area (Å²) in [5, 5.41) is 0. The van der Waals surface area contributed by atoms with E-state index in [0.29, 0.717) is 13.1 Å². The number of amides is 1. The molecule has 0 saturated heterocycles. The number of nitrogens with one attached hydrogen (secondary N) is 2. The van der Waals surface area contributed by atoms with E-state index in [1.54, 1.807) is 6.26 Å². The summed E-state index contributed by atoms with van der Waals surface area (Å²) in [5.74, 6) is 0.382. The van der Waals surface area contributed by atoms with Gasteiger partial charge in [-0.15, -0.1) is 11.8 Å². The Hall–Kier alpha value is -3.23. The van der Waals surface area contributed by atoms with Crippen LogP contribution in [0.3, 0.4) is 0 Å². The third-order valence-electron chi connectivity index (χ3n) is 5.32. The molecule has 3 rings (SSSR count). The number of thioether (sulfide) groups is 1. The van der Waals surface area contributed by atoms with Gasteiger partial charge in [0.25, 0.3) is 5.91 Å². The first kappa shape index (κ1) is 28.3. The van der Waals surface area contributed by atoms with E-state index in [2.05, 4.69) is 10.9 Å². The normalized spacial score (nSPS) is 11.9. The molecule has 0 radical (unpaired) electrons. The number of benzene rings is 2. The molecule has 8 heteroatoms. The Morgan fingerprint density at radius 3 is 2.22 bits per heavy atom. The van der Waals surface area contributed by atoms with E-state index in [1.807, 2.05) is 107 Å². The third kappa shape index (κ3) is 9.63. The maximum Gasteiger partial charge on any atom is 0.322 e. The molecule has 1 heterocycles. The SMILES string of the molecule is Cc1ccc(NNC(=O)CN(Cc2ccc(SC(C)(C)C(=O)OC(C)(C)C)cc2)Cc2ccco2)cc1. The van der Waals surface area contributed by atoms with Gasteiger partial charge in [-0.1, -0.05) is 29.8 Å². The van der Waals surface area contributed by atoms with Crippen molar-refractivity contribution in [2.24, 2.45) is 0 Å². The van der Waals surface area contributed by atoms with Crippen molar-refractivity contribution in [3.05, 3.63) is 83.8 Å². The van der Waals surface area contributed by atoms with E-state index in [0.717, 1.165) is 27.5 Å². The van der Waals surface area contributed by atoms with Crippen LogP contribution in [0, 0.1) is 6.92 Å². The van der Waals surface area contributed by atoms with Crippen molar-refractivity contribution in [1.82, 2.24) is 10.3 Å². The summed E-state index contributed by atoms with van der Waals surface area (Å²) in [7, 11) is 0. The van der Waals surface area contributed by atoms with Crippen molar-refractivity contribution in [1.29, 1.82) is 0 Å². The molecule has 2 aromatic carbocycles. The Morgan fingerprint density at radius 2 is 1.62 bits per heavy atom. The highest BCUT2D eigenvalue weighted by molar-refractivity contribution is 8.01. The fourth-order valence-corrected chi connectivity index (χ4v) is 4.46. The molecule has 7 nitrogen and oxygen atoms in total. The molecule has 37 heavy (non-hydrogen) atoms. The zero-order chi connectivity index (χ0) is 27.1. The Bertz CT molecular complexity index is 1150. The van der Waals surface area contributed by atoms with Gasteiger partial charge in [0.15, 0.2) is 0 Å². The van der Waals surface area contributed by atoms with Gasteiger partial charge in [0.1, 0.15) is 16.1 Å². The molecule has 1 aromatic heterocycles. The first-order chi connectivity index (χ1) is 17.4. The van der Waals surface area contributed by atoms with Crippen molar-refractivity contribution < 1.29 is 18.7 Å². The van der Waals surface area contributed by atoms with Crippen LogP contribution in [0.15, 0.2) is 76.2 Å². The molecular weight excluding hydrogens is 486 g/mol. The highest BCUT2D eigenvalue weighted by Gasteiger charge is 2.33. The molecule has 0 saturated carbocycles. The van der Waals surface area contributed by atoms with E-state index in [1.165, 1.54) is 11.8 Å². The van der Waals surface area contributed by atoms with Crippen LogP contribution < -0.4 is 10.9 Å². The van der Waals surface area contributed by atoms with Crippen LogP contribution in [0.4, 0.5) is 5.69 Å². The molecule has 0 spiro atoms. The summed E-state index contributed by atoms with van der Waals surface area (Å²) >= 11 is 1.47. The molecule has 0 bridgehead atoms. The van der Waals surface area contributed by atoms with Crippen LogP contribution in [0.5, 0.6) is 0 Å². The number of carbonyl (C=O) groups is 2. The number of carbonyl (C=O) groups excluding carboxylic acids is 2. The second kappa shape index (κ2) is 12.3. The number of furan rings is 1. The van der Waals surface area contributed by atoms with Gasteiger partial charge < -0.3 is 9.15 Å². The molecule has 0 aliphatic rings. The minimum Gasteiger partial charge on any atom is -0.468 e. The number of esters is 1. The number of anilines is 1. The summed E-state index contributed by atoms with van der Waals surface area (Å²) < 4.78 is 10.4. The van der Waals surface area contributed by atoms with Crippen LogP contribution in [0.25, 0.3) is 0 Å². The molecule has 198 valence electrons. The summed E-state index contributed by atoms with van der Waals surface area (Å²) in [6, 6.07) is 19.6. The second-order valence-electron chi connectivity index (χ2n) is 10.5. The van der Waals surface area contributed by atoms with Gasteiger partial charge in [0, 0.05) is 11.4 Å². The molecular formula is C29H37N3O4S. The Kier molecular flexibility index (Phi) is 9.45. The topological polar surface area (TPSA) is 83.8 Å². The fraction of sp³-hybridized carbons (Fsp3) is 0.379. The number of hydrogen-bond acceptors (Lipinski definition) is 7. The quantitative estimate of drug-likeness (QED) is 0.183. The zero-order valence-corrected chi connectivity index (χ0v) is 23.3. The minimum absolute atomic E-state index is 0.154. The van der Waals surface area contributed by atoms with Crippen molar-refractivity contribution in [3.63, 3.8) is 0 Å². The molecule has 1 amide bonds. The fourth-order valence-electron chi connectivity index (χ4n) is 3.47. The lowest BCUT2D eigenvalue weighted by atomic mass is 10.1. The Morgan fingerprint density at radius 1 is 0.946 bits per heavy atom. The number of hydrogen-bond donors (Lipinski definition) is 2. The second-order valence-corrected chi connectivity index (χ2v) is 12.2. The maximum absolute atomic E-state index is 12.7. The van der Waals surface area contributed by atoms with E-state index < -0.39 is 10.3 Å². The number of ether oxygens (including phenoxy) is 1. The number of hydrazine groups is 1. The van der Waals surface area contributed by atoms with Gasteiger partial charge in [0.05, 0.1) is 25.0 Å². The largest absolute Gasteiger partial charge is 0.468 e. The van der Waals surface area contributed by atoms with Crippen molar-refractivity contribution in [2.75, 3.05) is 12.0 Å². The van der Waals surface area contributed by atoms with E-state index in [-0.39, 0.29) is 18.4 Å². The average molecular weight is 524 g/mol. The third-order valence-corrected chi connectivity index (χ3v) is 6.50. The van der Waals surface area contributed by atoms with E-state index in [4.69, 9.17) is 9.15 Å². The highest BCUT2D eigenvalue weighted by Crippen LogP contribution is 2.34. The standard InChI is InChI=1S/C29H37N3O4S/c1-21-9-13-23(14-10-21)30-31-26(33)20-32(19-24-8-7-17-35-24)18-22-11-15-25(16-12-22)37-29(5,6)27(34)36-28(2,3)4/h7-17,30H,18-20H2,1-6H3,(H,31,33). The van der Waals surface area contributed by atoms with Crippen LogP contribution in [-0.2, 0) is 27.4 Å². The van der Waals surface area contributed by atoms with Gasteiger partial charge in [0.2, 0.25) is 0 Å². The van der Waals surface area contributed by atoms with Crippen LogP contribution in [0.1, 0.15) is 51.5 Å². The lowest BCUT2D eigenvalue weighted by Gasteiger charge is -2.28. The van der Waals surface area contributed by atoms with Crippen molar-refractivity contribution in [3.8, 4) is 0 Å². The van der Waals surface area contributed by atoms with Gasteiger partial charge in [-0.3, -0.25) is 25.3 Å². The minimum atomic E-state index is -0.720. The monoisotopic (exact) mass is 523 g/mol. The number of nitrogens with zero attached hydrogens (tertiary/aromatic N) is 1. The first-order valence-corrected chi connectivity index (χ1v) is 13.1. The lowest BCUT2D eigenvalue weighted by Crippen LogP contribution is -2.39. The summed E-state index contributed by atoms with van der Waals surface area (Å²) in [4.78, 5) is 28.3. The molecule has 0 fully saturated rings. The summed E-state index contributed by atoms with van der Waals surface area (Å²) in [6.45, 7) is 12.6. The maximum atomic E-state index is 12.7. The smallest absolute Gasteiger partial charge is 0.322 e. The van der Waals surface area contributed by atoms with Crippen LogP contribution >= 0.6 is 11.8 Å². The Balaban J connectivity index is 1.61. The van der Waals surface area contributed by atoms with Crippen LogP contribution in [-0.4, -0.2) is 33.7 Å². The molecule has 0 aliphatic carbocycles. The van der Waals surface area contributed by atoms with Crippen LogP contribution in [0.2, 0.25) is 0 Å². The average Bonchev–Trinajstić information content (AvgIpc) is 3.32. The summed E-state index contributed by atoms with van der Waals surface area (Å²) in [5.41, 5.74) is 8.22. The highest BCUT2D eigenvalue weighted by atomic mass is 32.2. The lowest BCUT2D eigenvalue weighted by molar-refractivity contribution is -0.156.